The highest BCUT2D eigenvalue weighted by Crippen LogP contribution is 2.30. The van der Waals surface area contributed by atoms with E-state index in [4.69, 9.17) is 4.98 Å². The van der Waals surface area contributed by atoms with Crippen LogP contribution in [-0.4, -0.2) is 53.7 Å². The number of carbonyl (C=O) groups is 1. The van der Waals surface area contributed by atoms with E-state index < -0.39 is 0 Å². The van der Waals surface area contributed by atoms with E-state index in [-0.39, 0.29) is 11.7 Å². The summed E-state index contributed by atoms with van der Waals surface area (Å²) in [6.07, 6.45) is 2.54. The Morgan fingerprint density at radius 3 is 2.55 bits per heavy atom. The number of carbonyl (C=O) groups excluding carboxylic acids is 1. The fourth-order valence-corrected chi connectivity index (χ4v) is 5.00. The number of hydrogen-bond acceptors (Lipinski definition) is 7. The van der Waals surface area contributed by atoms with Crippen LogP contribution in [0.5, 0.6) is 5.75 Å². The zero-order valence-corrected chi connectivity index (χ0v) is 19.0. The van der Waals surface area contributed by atoms with Crippen LogP contribution in [0, 0.1) is 0 Å². The average molecular weight is 460 g/mol. The van der Waals surface area contributed by atoms with Crippen molar-refractivity contribution in [1.29, 1.82) is 0 Å². The van der Waals surface area contributed by atoms with Crippen LogP contribution in [0.3, 0.4) is 0 Å². The fraction of sp³-hybridized carbons (Fsp3) is 0.240. The van der Waals surface area contributed by atoms with Crippen molar-refractivity contribution in [2.75, 3.05) is 42.5 Å². The Morgan fingerprint density at radius 2 is 1.79 bits per heavy atom. The molecular formula is C25H25N5O2S. The van der Waals surface area contributed by atoms with Gasteiger partial charge in [0.15, 0.2) is 5.13 Å². The van der Waals surface area contributed by atoms with Gasteiger partial charge < -0.3 is 20.2 Å². The van der Waals surface area contributed by atoms with Gasteiger partial charge in [-0.05, 0) is 54.4 Å². The van der Waals surface area contributed by atoms with Crippen LogP contribution in [0.2, 0.25) is 0 Å². The average Bonchev–Trinajstić information content (AvgIpc) is 3.29. The van der Waals surface area contributed by atoms with E-state index in [0.717, 1.165) is 52.9 Å². The molecule has 2 aromatic carbocycles. The summed E-state index contributed by atoms with van der Waals surface area (Å²) >= 11 is 1.63. The number of hydrogen-bond donors (Lipinski definition) is 2. The maximum Gasteiger partial charge on any atom is 0.251 e. The molecule has 2 N–H and O–H groups in total. The Balaban J connectivity index is 1.20. The maximum atomic E-state index is 12.6. The van der Waals surface area contributed by atoms with E-state index in [0.29, 0.717) is 18.5 Å². The number of phenolic OH excluding ortho intramolecular Hbond substituents is 1. The molecule has 0 unspecified atom stereocenters. The molecule has 0 aliphatic carbocycles. The lowest BCUT2D eigenvalue weighted by atomic mass is 10.1. The first-order valence-electron chi connectivity index (χ1n) is 11.0. The monoisotopic (exact) mass is 459 g/mol. The molecule has 7 nitrogen and oxygen atoms in total. The van der Waals surface area contributed by atoms with Crippen LogP contribution in [-0.2, 0) is 6.42 Å². The second kappa shape index (κ2) is 9.46. The molecule has 0 radical (unpaired) electrons. The minimum atomic E-state index is -0.0883. The smallest absolute Gasteiger partial charge is 0.251 e. The molecule has 5 rings (SSSR count). The first kappa shape index (κ1) is 21.2. The van der Waals surface area contributed by atoms with Gasteiger partial charge in [-0.15, -0.1) is 0 Å². The van der Waals surface area contributed by atoms with Crippen LogP contribution in [0.1, 0.15) is 15.9 Å². The van der Waals surface area contributed by atoms with Crippen molar-refractivity contribution in [3.05, 3.63) is 78.0 Å². The van der Waals surface area contributed by atoms with Gasteiger partial charge in [0.05, 0.1) is 10.2 Å². The zero-order chi connectivity index (χ0) is 22.6. The Bertz CT molecular complexity index is 1230. The number of piperazine rings is 1. The number of aromatic hydroxyl groups is 1. The first-order chi connectivity index (χ1) is 16.2. The van der Waals surface area contributed by atoms with Crippen LogP contribution >= 0.6 is 11.3 Å². The third-order valence-corrected chi connectivity index (χ3v) is 6.88. The number of anilines is 2. The second-order valence-electron chi connectivity index (χ2n) is 8.01. The molecule has 0 saturated carbocycles. The van der Waals surface area contributed by atoms with Gasteiger partial charge in [-0.1, -0.05) is 29.5 Å². The largest absolute Gasteiger partial charge is 0.508 e. The highest BCUT2D eigenvalue weighted by Gasteiger charge is 2.21. The lowest BCUT2D eigenvalue weighted by Gasteiger charge is -2.35. The van der Waals surface area contributed by atoms with E-state index in [9.17, 15) is 9.90 Å². The third-order valence-electron chi connectivity index (χ3n) is 5.80. The molecule has 1 saturated heterocycles. The number of amides is 1. The van der Waals surface area contributed by atoms with Gasteiger partial charge in [0.2, 0.25) is 0 Å². The lowest BCUT2D eigenvalue weighted by molar-refractivity contribution is 0.0954. The van der Waals surface area contributed by atoms with E-state index in [1.54, 1.807) is 23.5 Å². The Labute approximate surface area is 196 Å². The van der Waals surface area contributed by atoms with Crippen molar-refractivity contribution >= 4 is 38.4 Å². The van der Waals surface area contributed by atoms with Gasteiger partial charge in [0.25, 0.3) is 5.91 Å². The van der Waals surface area contributed by atoms with Crippen LogP contribution in [0.25, 0.3) is 10.2 Å². The van der Waals surface area contributed by atoms with E-state index >= 15 is 0 Å². The van der Waals surface area contributed by atoms with Crippen molar-refractivity contribution in [3.8, 4) is 5.75 Å². The summed E-state index contributed by atoms with van der Waals surface area (Å²) in [4.78, 5) is 26.5. The number of nitrogens with zero attached hydrogens (tertiary/aromatic N) is 4. The highest BCUT2D eigenvalue weighted by atomic mass is 32.1. The van der Waals surface area contributed by atoms with Gasteiger partial charge in [0.1, 0.15) is 11.6 Å². The minimum absolute atomic E-state index is 0.0883. The fourth-order valence-electron chi connectivity index (χ4n) is 3.94. The molecule has 3 heterocycles. The predicted molar refractivity (Wildman–Crippen MR) is 132 cm³/mol. The summed E-state index contributed by atoms with van der Waals surface area (Å²) < 4.78 is 1.02. The number of rotatable bonds is 6. The van der Waals surface area contributed by atoms with Gasteiger partial charge in [0, 0.05) is 44.5 Å². The van der Waals surface area contributed by atoms with Gasteiger partial charge in [-0.2, -0.15) is 0 Å². The summed E-state index contributed by atoms with van der Waals surface area (Å²) in [6.45, 7) is 4.13. The Hall–Kier alpha value is -3.65. The van der Waals surface area contributed by atoms with Crippen LogP contribution < -0.4 is 15.1 Å². The van der Waals surface area contributed by atoms with Gasteiger partial charge in [-0.3, -0.25) is 4.79 Å². The molecule has 1 amide bonds. The normalized spacial score (nSPS) is 13.9. The molecule has 1 aliphatic rings. The number of benzene rings is 2. The number of phenols is 1. The third kappa shape index (κ3) is 4.90. The van der Waals surface area contributed by atoms with Crippen molar-refractivity contribution in [3.63, 3.8) is 0 Å². The number of thiazole rings is 1. The van der Waals surface area contributed by atoms with E-state index in [2.05, 4.69) is 20.1 Å². The molecule has 0 spiro atoms. The Kier molecular flexibility index (Phi) is 6.08. The Morgan fingerprint density at radius 1 is 1.00 bits per heavy atom. The van der Waals surface area contributed by atoms with Crippen molar-refractivity contribution in [1.82, 2.24) is 15.3 Å². The van der Waals surface area contributed by atoms with E-state index in [1.807, 2.05) is 54.7 Å². The zero-order valence-electron chi connectivity index (χ0n) is 18.1. The molecule has 4 aromatic rings. The van der Waals surface area contributed by atoms with Crippen LogP contribution in [0.15, 0.2) is 66.9 Å². The lowest BCUT2D eigenvalue weighted by Crippen LogP contribution is -2.46. The molecule has 168 valence electrons. The molecule has 1 fully saturated rings. The molecule has 0 atom stereocenters. The predicted octanol–water partition coefficient (Wildman–Crippen LogP) is 3.70. The molecule has 8 heteroatoms. The van der Waals surface area contributed by atoms with Gasteiger partial charge in [-0.25, -0.2) is 9.97 Å². The quantitative estimate of drug-likeness (QED) is 0.458. The van der Waals surface area contributed by atoms with Crippen molar-refractivity contribution < 1.29 is 9.90 Å². The number of nitrogens with one attached hydrogen (secondary N) is 1. The maximum absolute atomic E-state index is 12.6. The molecule has 33 heavy (non-hydrogen) atoms. The minimum Gasteiger partial charge on any atom is -0.508 e. The summed E-state index contributed by atoms with van der Waals surface area (Å²) in [7, 11) is 0. The topological polar surface area (TPSA) is 81.6 Å². The van der Waals surface area contributed by atoms with E-state index in [1.165, 1.54) is 0 Å². The number of pyridine rings is 1. The molecule has 2 aromatic heterocycles. The van der Waals surface area contributed by atoms with Gasteiger partial charge >= 0.3 is 0 Å². The molecule has 1 aliphatic heterocycles. The van der Waals surface area contributed by atoms with Crippen LogP contribution in [0.4, 0.5) is 10.9 Å². The SMILES string of the molecule is O=C(NCCc1ccc(O)cc1)c1ccc2nc(N3CCN(c4ccccn4)CC3)sc2c1. The second-order valence-corrected chi connectivity index (χ2v) is 9.02. The first-order valence-corrected chi connectivity index (χ1v) is 11.8. The summed E-state index contributed by atoms with van der Waals surface area (Å²) in [6, 6.07) is 18.7. The van der Waals surface area contributed by atoms with Crippen molar-refractivity contribution in [2.45, 2.75) is 6.42 Å². The highest BCUT2D eigenvalue weighted by molar-refractivity contribution is 7.22. The summed E-state index contributed by atoms with van der Waals surface area (Å²) in [5.74, 6) is 1.17. The number of aromatic nitrogens is 2. The number of fused-ring (bicyclic) bond motifs is 1. The summed E-state index contributed by atoms with van der Waals surface area (Å²) in [5, 5.41) is 13.3. The van der Waals surface area contributed by atoms with Crippen molar-refractivity contribution in [2.24, 2.45) is 0 Å². The summed E-state index contributed by atoms with van der Waals surface area (Å²) in [5.41, 5.74) is 2.63. The molecule has 0 bridgehead atoms. The standard InChI is InChI=1S/C25H25N5O2S/c31-20-7-4-18(5-8-20)10-12-27-24(32)19-6-9-21-22(17-19)33-25(28-21)30-15-13-29(14-16-30)23-3-1-2-11-26-23/h1-9,11,17,31H,10,12-16H2,(H,27,32). The molecular weight excluding hydrogens is 434 g/mol.